The molecule has 10 heteroatoms. The largest absolute Gasteiger partial charge is 0.381 e. The third kappa shape index (κ3) is 2.84. The van der Waals surface area contributed by atoms with Crippen LogP contribution in [0.4, 0.5) is 11.5 Å². The first-order valence-corrected chi connectivity index (χ1v) is 6.91. The van der Waals surface area contributed by atoms with Crippen LogP contribution in [0.5, 0.6) is 0 Å². The SMILES string of the molecule is Cc1cc(NCCNc2cn[nH]c(=O)c2Cl)n2ncnc2n1. The van der Waals surface area contributed by atoms with Gasteiger partial charge in [0, 0.05) is 24.8 Å². The fourth-order valence-electron chi connectivity index (χ4n) is 1.95. The van der Waals surface area contributed by atoms with Crippen molar-refractivity contribution < 1.29 is 0 Å². The van der Waals surface area contributed by atoms with E-state index in [1.807, 2.05) is 13.0 Å². The predicted molar refractivity (Wildman–Crippen MR) is 82.4 cm³/mol. The minimum absolute atomic E-state index is 0.0911. The summed E-state index contributed by atoms with van der Waals surface area (Å²) in [7, 11) is 0. The average Bonchev–Trinajstić information content (AvgIpc) is 2.95. The van der Waals surface area contributed by atoms with E-state index < -0.39 is 5.56 Å². The smallest absolute Gasteiger partial charge is 0.285 e. The molecule has 0 bridgehead atoms. The fourth-order valence-corrected chi connectivity index (χ4v) is 2.11. The summed E-state index contributed by atoms with van der Waals surface area (Å²) in [4.78, 5) is 19.6. The number of nitrogens with one attached hydrogen (secondary N) is 3. The Bertz CT molecular complexity index is 858. The highest BCUT2D eigenvalue weighted by molar-refractivity contribution is 6.32. The molecule has 0 aromatic carbocycles. The summed E-state index contributed by atoms with van der Waals surface area (Å²) in [6, 6.07) is 1.88. The highest BCUT2D eigenvalue weighted by Crippen LogP contribution is 2.14. The van der Waals surface area contributed by atoms with Crippen molar-refractivity contribution in [3.8, 4) is 0 Å². The maximum absolute atomic E-state index is 11.3. The molecule has 3 heterocycles. The summed E-state index contributed by atoms with van der Waals surface area (Å²) in [5, 5.41) is 16.4. The second-order valence-corrected chi connectivity index (χ2v) is 4.91. The Morgan fingerprint density at radius 1 is 1.36 bits per heavy atom. The Morgan fingerprint density at radius 3 is 3.05 bits per heavy atom. The zero-order valence-corrected chi connectivity index (χ0v) is 12.4. The van der Waals surface area contributed by atoms with E-state index in [2.05, 4.69) is 35.9 Å². The zero-order chi connectivity index (χ0) is 15.5. The maximum Gasteiger partial charge on any atom is 0.285 e. The molecule has 22 heavy (non-hydrogen) atoms. The standard InChI is InChI=1S/C12H13ClN8O/c1-7-4-9(21-12(19-7)16-6-18-21)15-3-2-14-8-5-17-20-11(22)10(8)13/h4-6,15H,2-3H2,1H3,(H2,14,20,22). The van der Waals surface area contributed by atoms with Crippen LogP contribution < -0.4 is 16.2 Å². The molecule has 9 nitrogen and oxygen atoms in total. The first-order chi connectivity index (χ1) is 10.6. The number of hydrogen-bond acceptors (Lipinski definition) is 7. The summed E-state index contributed by atoms with van der Waals surface area (Å²) < 4.78 is 1.62. The second-order valence-electron chi connectivity index (χ2n) is 4.53. The van der Waals surface area contributed by atoms with Crippen LogP contribution in [0.1, 0.15) is 5.69 Å². The van der Waals surface area contributed by atoms with Gasteiger partial charge in [0.1, 0.15) is 17.2 Å². The van der Waals surface area contributed by atoms with Crippen molar-refractivity contribution in [3.05, 3.63) is 39.7 Å². The van der Waals surface area contributed by atoms with Crippen LogP contribution >= 0.6 is 11.6 Å². The number of aryl methyl sites for hydroxylation is 1. The molecule has 0 aliphatic rings. The molecule has 0 fully saturated rings. The number of nitrogens with zero attached hydrogens (tertiary/aromatic N) is 5. The van der Waals surface area contributed by atoms with Crippen molar-refractivity contribution in [2.24, 2.45) is 0 Å². The van der Waals surface area contributed by atoms with Crippen molar-refractivity contribution in [2.75, 3.05) is 23.7 Å². The molecule has 3 aromatic heterocycles. The topological polar surface area (TPSA) is 113 Å². The molecule has 0 unspecified atom stereocenters. The van der Waals surface area contributed by atoms with Gasteiger partial charge in [-0.05, 0) is 6.92 Å². The van der Waals surface area contributed by atoms with E-state index in [-0.39, 0.29) is 5.02 Å². The number of hydrogen-bond donors (Lipinski definition) is 3. The zero-order valence-electron chi connectivity index (χ0n) is 11.7. The van der Waals surface area contributed by atoms with E-state index in [1.165, 1.54) is 12.5 Å². The number of H-pyrrole nitrogens is 1. The number of aromatic nitrogens is 6. The van der Waals surface area contributed by atoms with E-state index in [0.29, 0.717) is 24.6 Å². The molecule has 0 spiro atoms. The van der Waals surface area contributed by atoms with Crippen molar-refractivity contribution in [1.29, 1.82) is 0 Å². The summed E-state index contributed by atoms with van der Waals surface area (Å²) in [5.41, 5.74) is 0.913. The monoisotopic (exact) mass is 320 g/mol. The quantitative estimate of drug-likeness (QED) is 0.593. The van der Waals surface area contributed by atoms with E-state index in [0.717, 1.165) is 11.5 Å². The molecule has 3 N–H and O–H groups in total. The molecule has 0 aliphatic carbocycles. The molecule has 3 aromatic rings. The summed E-state index contributed by atoms with van der Waals surface area (Å²) >= 11 is 5.88. The highest BCUT2D eigenvalue weighted by atomic mass is 35.5. The van der Waals surface area contributed by atoms with Gasteiger partial charge in [-0.1, -0.05) is 11.6 Å². The first kappa shape index (κ1) is 14.3. The fraction of sp³-hybridized carbons (Fsp3) is 0.250. The number of anilines is 2. The minimum atomic E-state index is -0.422. The molecular weight excluding hydrogens is 308 g/mol. The van der Waals surface area contributed by atoms with E-state index in [1.54, 1.807) is 4.52 Å². The maximum atomic E-state index is 11.3. The minimum Gasteiger partial charge on any atom is -0.381 e. The number of rotatable bonds is 5. The van der Waals surface area contributed by atoms with Gasteiger partial charge in [0.15, 0.2) is 0 Å². The predicted octanol–water partition coefficient (Wildman–Crippen LogP) is 0.693. The molecule has 0 amide bonds. The molecule has 0 saturated heterocycles. The van der Waals surface area contributed by atoms with Crippen molar-refractivity contribution in [3.63, 3.8) is 0 Å². The molecule has 3 rings (SSSR count). The van der Waals surface area contributed by atoms with Gasteiger partial charge >= 0.3 is 0 Å². The van der Waals surface area contributed by atoms with E-state index in [4.69, 9.17) is 11.6 Å². The lowest BCUT2D eigenvalue weighted by Gasteiger charge is -2.10. The van der Waals surface area contributed by atoms with Crippen molar-refractivity contribution in [2.45, 2.75) is 6.92 Å². The molecule has 0 saturated carbocycles. The van der Waals surface area contributed by atoms with Crippen LogP contribution in [0.15, 0.2) is 23.4 Å². The van der Waals surface area contributed by atoms with Crippen LogP contribution in [0, 0.1) is 6.92 Å². The Balaban J connectivity index is 1.64. The Morgan fingerprint density at radius 2 is 2.18 bits per heavy atom. The van der Waals surface area contributed by atoms with Crippen LogP contribution in [0.2, 0.25) is 5.02 Å². The lowest BCUT2D eigenvalue weighted by atomic mass is 10.4. The van der Waals surface area contributed by atoms with Gasteiger partial charge in [0.2, 0.25) is 0 Å². The third-order valence-corrected chi connectivity index (χ3v) is 3.30. The van der Waals surface area contributed by atoms with Gasteiger partial charge in [0.05, 0.1) is 11.9 Å². The van der Waals surface area contributed by atoms with Crippen LogP contribution in [0.3, 0.4) is 0 Å². The lowest BCUT2D eigenvalue weighted by molar-refractivity contribution is 0.913. The van der Waals surface area contributed by atoms with E-state index in [9.17, 15) is 4.79 Å². The number of fused-ring (bicyclic) bond motifs is 1. The molecule has 0 aliphatic heterocycles. The molecule has 0 radical (unpaired) electrons. The van der Waals surface area contributed by atoms with Gasteiger partial charge in [-0.2, -0.15) is 19.7 Å². The molecular formula is C12H13ClN8O. The second kappa shape index (κ2) is 5.98. The lowest BCUT2D eigenvalue weighted by Crippen LogP contribution is -2.18. The van der Waals surface area contributed by atoms with Crippen LogP contribution in [0.25, 0.3) is 5.78 Å². The van der Waals surface area contributed by atoms with E-state index >= 15 is 0 Å². The third-order valence-electron chi connectivity index (χ3n) is 2.92. The van der Waals surface area contributed by atoms with Gasteiger partial charge < -0.3 is 10.6 Å². The summed E-state index contributed by atoms with van der Waals surface area (Å²) in [6.45, 7) is 3.02. The number of aromatic amines is 1. The first-order valence-electron chi connectivity index (χ1n) is 6.53. The summed E-state index contributed by atoms with van der Waals surface area (Å²) in [5.74, 6) is 1.33. The van der Waals surface area contributed by atoms with Gasteiger partial charge in [0.25, 0.3) is 11.3 Å². The average molecular weight is 321 g/mol. The Kier molecular flexibility index (Phi) is 3.88. The molecule has 0 atom stereocenters. The Hall–Kier alpha value is -2.68. The van der Waals surface area contributed by atoms with Crippen LogP contribution in [-0.4, -0.2) is 42.9 Å². The highest BCUT2D eigenvalue weighted by Gasteiger charge is 2.06. The Labute approximate surface area is 129 Å². The normalized spacial score (nSPS) is 10.8. The molecule has 114 valence electrons. The van der Waals surface area contributed by atoms with Crippen molar-refractivity contribution >= 4 is 28.9 Å². The van der Waals surface area contributed by atoms with Gasteiger partial charge in [-0.15, -0.1) is 0 Å². The number of halogens is 1. The summed E-state index contributed by atoms with van der Waals surface area (Å²) in [6.07, 6.45) is 2.92. The van der Waals surface area contributed by atoms with Gasteiger partial charge in [-0.25, -0.2) is 10.1 Å². The van der Waals surface area contributed by atoms with Crippen LogP contribution in [-0.2, 0) is 0 Å². The van der Waals surface area contributed by atoms with Crippen molar-refractivity contribution in [1.82, 2.24) is 29.8 Å². The van der Waals surface area contributed by atoms with Gasteiger partial charge in [-0.3, -0.25) is 4.79 Å².